The van der Waals surface area contributed by atoms with Gasteiger partial charge in [-0.25, -0.2) is 0 Å². The van der Waals surface area contributed by atoms with Crippen LogP contribution in [-0.2, 0) is 9.59 Å². The molecule has 0 atom stereocenters. The van der Waals surface area contributed by atoms with E-state index in [4.69, 9.17) is 5.73 Å². The lowest BCUT2D eigenvalue weighted by Crippen LogP contribution is -2.22. The van der Waals surface area contributed by atoms with Gasteiger partial charge in [-0.1, -0.05) is 18.2 Å². The van der Waals surface area contributed by atoms with Gasteiger partial charge in [-0.15, -0.1) is 0 Å². The van der Waals surface area contributed by atoms with Crippen LogP contribution < -0.4 is 11.1 Å². The van der Waals surface area contributed by atoms with E-state index in [1.807, 2.05) is 32.0 Å². The molecule has 4 nitrogen and oxygen atoms in total. The highest BCUT2D eigenvalue weighted by Crippen LogP contribution is 2.19. The lowest BCUT2D eigenvalue weighted by Gasteiger charge is -2.10. The maximum atomic E-state index is 11.3. The zero-order chi connectivity index (χ0) is 11.4. The molecular weight excluding hydrogens is 192 g/mol. The number of aryl methyl sites for hydroxylation is 2. The summed E-state index contributed by atoms with van der Waals surface area (Å²) in [6.45, 7) is 3.79. The van der Waals surface area contributed by atoms with Crippen molar-refractivity contribution in [2.24, 2.45) is 5.73 Å². The van der Waals surface area contributed by atoms with Crippen LogP contribution in [0.5, 0.6) is 0 Å². The van der Waals surface area contributed by atoms with Gasteiger partial charge >= 0.3 is 0 Å². The van der Waals surface area contributed by atoms with E-state index in [1.165, 1.54) is 0 Å². The molecule has 0 aliphatic heterocycles. The largest absolute Gasteiger partial charge is 0.369 e. The molecule has 0 bridgehead atoms. The second-order valence-corrected chi connectivity index (χ2v) is 3.46. The Hall–Kier alpha value is -1.84. The summed E-state index contributed by atoms with van der Waals surface area (Å²) < 4.78 is 0. The number of benzene rings is 1. The van der Waals surface area contributed by atoms with Crippen LogP contribution in [0.4, 0.5) is 5.69 Å². The van der Waals surface area contributed by atoms with Crippen molar-refractivity contribution in [3.05, 3.63) is 29.3 Å². The number of nitrogens with two attached hydrogens (primary N) is 1. The summed E-state index contributed by atoms with van der Waals surface area (Å²) >= 11 is 0. The minimum Gasteiger partial charge on any atom is -0.369 e. The molecule has 15 heavy (non-hydrogen) atoms. The zero-order valence-electron chi connectivity index (χ0n) is 8.83. The van der Waals surface area contributed by atoms with Gasteiger partial charge < -0.3 is 11.1 Å². The summed E-state index contributed by atoms with van der Waals surface area (Å²) in [4.78, 5) is 21.8. The number of nitrogens with one attached hydrogen (secondary N) is 1. The number of amides is 2. The number of carbonyl (C=O) groups excluding carboxylic acids is 2. The topological polar surface area (TPSA) is 72.2 Å². The normalized spacial score (nSPS) is 9.73. The van der Waals surface area contributed by atoms with Gasteiger partial charge in [-0.2, -0.15) is 0 Å². The van der Waals surface area contributed by atoms with E-state index in [-0.39, 0.29) is 12.3 Å². The molecule has 0 aliphatic carbocycles. The molecule has 0 aromatic heterocycles. The summed E-state index contributed by atoms with van der Waals surface area (Å²) in [7, 11) is 0. The fourth-order valence-corrected chi connectivity index (χ4v) is 1.35. The van der Waals surface area contributed by atoms with Crippen LogP contribution in [0.15, 0.2) is 18.2 Å². The number of hydrogen-bond acceptors (Lipinski definition) is 2. The van der Waals surface area contributed by atoms with E-state index in [2.05, 4.69) is 5.32 Å². The fourth-order valence-electron chi connectivity index (χ4n) is 1.35. The van der Waals surface area contributed by atoms with Crippen LogP contribution in [0.25, 0.3) is 0 Å². The van der Waals surface area contributed by atoms with E-state index in [0.717, 1.165) is 16.8 Å². The molecule has 80 valence electrons. The first-order valence-corrected chi connectivity index (χ1v) is 4.65. The third kappa shape index (κ3) is 3.09. The van der Waals surface area contributed by atoms with Crippen molar-refractivity contribution in [3.8, 4) is 0 Å². The van der Waals surface area contributed by atoms with Crippen molar-refractivity contribution in [2.45, 2.75) is 20.3 Å². The Kier molecular flexibility index (Phi) is 3.44. The maximum absolute atomic E-state index is 11.3. The molecule has 1 aromatic carbocycles. The standard InChI is InChI=1S/C11H14N2O2/c1-7-4-3-5-8(2)11(7)13-10(15)6-9(12)14/h3-5H,6H2,1-2H3,(H2,12,14)(H,13,15). The molecule has 0 radical (unpaired) electrons. The predicted octanol–water partition coefficient (Wildman–Crippen LogP) is 1.12. The van der Waals surface area contributed by atoms with E-state index in [9.17, 15) is 9.59 Å². The summed E-state index contributed by atoms with van der Waals surface area (Å²) in [5, 5.41) is 2.67. The first-order chi connectivity index (χ1) is 7.00. The van der Waals surface area contributed by atoms with Gasteiger partial charge in [0.05, 0.1) is 0 Å². The number of anilines is 1. The Morgan fingerprint density at radius 1 is 1.27 bits per heavy atom. The minimum atomic E-state index is -0.626. The first kappa shape index (κ1) is 11.2. The lowest BCUT2D eigenvalue weighted by molar-refractivity contribution is -0.124. The van der Waals surface area contributed by atoms with Gasteiger partial charge in [0.2, 0.25) is 11.8 Å². The Balaban J connectivity index is 2.80. The maximum Gasteiger partial charge on any atom is 0.233 e. The Morgan fingerprint density at radius 2 is 1.80 bits per heavy atom. The van der Waals surface area contributed by atoms with Gasteiger partial charge in [0.25, 0.3) is 0 Å². The predicted molar refractivity (Wildman–Crippen MR) is 58.4 cm³/mol. The molecule has 0 saturated heterocycles. The van der Waals surface area contributed by atoms with Crippen LogP contribution in [0, 0.1) is 13.8 Å². The molecule has 1 aromatic rings. The molecule has 0 heterocycles. The van der Waals surface area contributed by atoms with Gasteiger partial charge in [-0.3, -0.25) is 9.59 Å². The number of primary amides is 1. The number of hydrogen-bond donors (Lipinski definition) is 2. The first-order valence-electron chi connectivity index (χ1n) is 4.65. The van der Waals surface area contributed by atoms with Gasteiger partial charge in [0.15, 0.2) is 0 Å². The van der Waals surface area contributed by atoms with Crippen molar-refractivity contribution in [1.82, 2.24) is 0 Å². The minimum absolute atomic E-state index is 0.284. The Bertz CT molecular complexity index is 379. The van der Waals surface area contributed by atoms with E-state index in [1.54, 1.807) is 0 Å². The van der Waals surface area contributed by atoms with E-state index in [0.29, 0.717) is 0 Å². The van der Waals surface area contributed by atoms with Gasteiger partial charge in [-0.05, 0) is 25.0 Å². The van der Waals surface area contributed by atoms with Crippen LogP contribution in [0.3, 0.4) is 0 Å². The molecule has 0 fully saturated rings. The molecule has 4 heteroatoms. The average Bonchev–Trinajstić information content (AvgIpc) is 2.10. The molecule has 2 amide bonds. The van der Waals surface area contributed by atoms with Crippen LogP contribution >= 0.6 is 0 Å². The average molecular weight is 206 g/mol. The highest BCUT2D eigenvalue weighted by Gasteiger charge is 2.09. The van der Waals surface area contributed by atoms with Crippen molar-refractivity contribution in [3.63, 3.8) is 0 Å². The monoisotopic (exact) mass is 206 g/mol. The lowest BCUT2D eigenvalue weighted by atomic mass is 10.1. The number of para-hydroxylation sites is 1. The highest BCUT2D eigenvalue weighted by molar-refractivity contribution is 6.03. The van der Waals surface area contributed by atoms with Gasteiger partial charge in [0.1, 0.15) is 6.42 Å². The summed E-state index contributed by atoms with van der Waals surface area (Å²) in [5.74, 6) is -1.00. The number of rotatable bonds is 3. The molecule has 0 saturated carbocycles. The second kappa shape index (κ2) is 4.59. The van der Waals surface area contributed by atoms with Crippen molar-refractivity contribution in [2.75, 3.05) is 5.32 Å². The number of carbonyl (C=O) groups is 2. The molecule has 0 spiro atoms. The van der Waals surface area contributed by atoms with Crippen molar-refractivity contribution >= 4 is 17.5 Å². The van der Waals surface area contributed by atoms with Crippen LogP contribution in [0.2, 0.25) is 0 Å². The van der Waals surface area contributed by atoms with E-state index < -0.39 is 5.91 Å². The third-order valence-electron chi connectivity index (χ3n) is 2.08. The van der Waals surface area contributed by atoms with Crippen molar-refractivity contribution < 1.29 is 9.59 Å². The SMILES string of the molecule is Cc1cccc(C)c1NC(=O)CC(N)=O. The third-order valence-corrected chi connectivity index (χ3v) is 2.08. The summed E-state index contributed by atoms with van der Waals surface area (Å²) in [6, 6.07) is 5.70. The zero-order valence-corrected chi connectivity index (χ0v) is 8.83. The van der Waals surface area contributed by atoms with Crippen LogP contribution in [-0.4, -0.2) is 11.8 Å². The molecular formula is C11H14N2O2. The molecule has 0 aliphatic rings. The molecule has 3 N–H and O–H groups in total. The quantitative estimate of drug-likeness (QED) is 0.727. The Morgan fingerprint density at radius 3 is 2.27 bits per heavy atom. The Labute approximate surface area is 88.5 Å². The van der Waals surface area contributed by atoms with E-state index >= 15 is 0 Å². The summed E-state index contributed by atoms with van der Waals surface area (Å²) in [6.07, 6.45) is -0.284. The van der Waals surface area contributed by atoms with Crippen molar-refractivity contribution in [1.29, 1.82) is 0 Å². The second-order valence-electron chi connectivity index (χ2n) is 3.46. The molecule has 1 rings (SSSR count). The highest BCUT2D eigenvalue weighted by atomic mass is 16.2. The van der Waals surface area contributed by atoms with Crippen LogP contribution in [0.1, 0.15) is 17.5 Å². The van der Waals surface area contributed by atoms with Gasteiger partial charge in [0, 0.05) is 5.69 Å². The smallest absolute Gasteiger partial charge is 0.233 e. The fraction of sp³-hybridized carbons (Fsp3) is 0.273. The molecule has 0 unspecified atom stereocenters. The summed E-state index contributed by atoms with van der Waals surface area (Å²) in [5.41, 5.74) is 7.61.